The highest BCUT2D eigenvalue weighted by atomic mass is 14.0. The first-order valence-electron chi connectivity index (χ1n) is 3.67. The lowest BCUT2D eigenvalue weighted by Crippen LogP contribution is -1.76. The van der Waals surface area contributed by atoms with Crippen LogP contribution in [-0.4, -0.2) is 0 Å². The first-order valence-corrected chi connectivity index (χ1v) is 3.67. The van der Waals surface area contributed by atoms with Crippen LogP contribution in [0, 0.1) is 11.8 Å². The van der Waals surface area contributed by atoms with Crippen molar-refractivity contribution < 1.29 is 0 Å². The highest BCUT2D eigenvalue weighted by Gasteiger charge is 1.96. The van der Waals surface area contributed by atoms with Crippen molar-refractivity contribution in [1.29, 1.82) is 0 Å². The predicted molar refractivity (Wildman–Crippen MR) is 44.5 cm³/mol. The van der Waals surface area contributed by atoms with Gasteiger partial charge in [-0.15, -0.1) is 11.8 Å². The van der Waals surface area contributed by atoms with Crippen molar-refractivity contribution in [2.75, 3.05) is 0 Å². The molecule has 1 aliphatic rings. The Balaban J connectivity index is 2.19. The van der Waals surface area contributed by atoms with Gasteiger partial charge in [-0.05, 0) is 19.8 Å². The fourth-order valence-corrected chi connectivity index (χ4v) is 1.03. The second-order valence-corrected chi connectivity index (χ2v) is 2.38. The van der Waals surface area contributed by atoms with Gasteiger partial charge in [0, 0.05) is 6.42 Å². The van der Waals surface area contributed by atoms with Gasteiger partial charge in [-0.25, -0.2) is 0 Å². The van der Waals surface area contributed by atoms with Crippen LogP contribution in [0.25, 0.3) is 0 Å². The van der Waals surface area contributed by atoms with Gasteiger partial charge in [-0.2, -0.15) is 0 Å². The highest BCUT2D eigenvalue weighted by molar-refractivity contribution is 5.23. The normalized spacial score (nSPS) is 14.3. The van der Waals surface area contributed by atoms with Crippen molar-refractivity contribution in [2.24, 2.45) is 0 Å². The summed E-state index contributed by atoms with van der Waals surface area (Å²) >= 11 is 0. The van der Waals surface area contributed by atoms with Crippen molar-refractivity contribution in [2.45, 2.75) is 26.2 Å². The molecule has 0 radical (unpaired) electrons. The van der Waals surface area contributed by atoms with E-state index in [1.165, 1.54) is 5.57 Å². The molecule has 0 bridgehead atoms. The molecular weight excluding hydrogens is 120 g/mol. The van der Waals surface area contributed by atoms with Crippen LogP contribution in [0.5, 0.6) is 0 Å². The Labute approximate surface area is 62.6 Å². The Hall–Kier alpha value is -0.960. The summed E-state index contributed by atoms with van der Waals surface area (Å²) in [7, 11) is 0. The number of hydrogen-bond acceptors (Lipinski definition) is 0. The molecule has 0 spiro atoms. The largest absolute Gasteiger partial charge is 0.107 e. The first kappa shape index (κ1) is 7.15. The fraction of sp³-hybridized carbons (Fsp3) is 0.400. The Morgan fingerprint density at radius 3 is 3.10 bits per heavy atom. The lowest BCUT2D eigenvalue weighted by molar-refractivity contribution is 0.970. The van der Waals surface area contributed by atoms with Gasteiger partial charge in [0.05, 0.1) is 0 Å². The average molecular weight is 132 g/mol. The third-order valence-electron chi connectivity index (χ3n) is 1.60. The second kappa shape index (κ2) is 3.95. The summed E-state index contributed by atoms with van der Waals surface area (Å²) in [6.07, 6.45) is 9.81. The minimum absolute atomic E-state index is 1.02. The van der Waals surface area contributed by atoms with Gasteiger partial charge in [0.1, 0.15) is 0 Å². The molecule has 0 N–H and O–H groups in total. The van der Waals surface area contributed by atoms with Crippen molar-refractivity contribution in [1.82, 2.24) is 0 Å². The third kappa shape index (κ3) is 2.11. The Kier molecular flexibility index (Phi) is 2.83. The molecule has 52 valence electrons. The van der Waals surface area contributed by atoms with Crippen LogP contribution in [0.3, 0.4) is 0 Å². The summed E-state index contributed by atoms with van der Waals surface area (Å²) in [6, 6.07) is 0. The molecule has 0 aromatic rings. The Morgan fingerprint density at radius 2 is 2.50 bits per heavy atom. The molecule has 0 saturated heterocycles. The van der Waals surface area contributed by atoms with Crippen molar-refractivity contribution in [3.8, 4) is 11.8 Å². The van der Waals surface area contributed by atoms with Crippen LogP contribution < -0.4 is 0 Å². The summed E-state index contributed by atoms with van der Waals surface area (Å²) in [5, 5.41) is 0. The zero-order valence-corrected chi connectivity index (χ0v) is 6.35. The molecule has 0 unspecified atom stereocenters. The van der Waals surface area contributed by atoms with Crippen LogP contribution in [0.1, 0.15) is 26.2 Å². The van der Waals surface area contributed by atoms with E-state index >= 15 is 0 Å². The molecule has 0 saturated carbocycles. The van der Waals surface area contributed by atoms with Gasteiger partial charge in [0.2, 0.25) is 0 Å². The molecule has 0 nitrogen and oxygen atoms in total. The van der Waals surface area contributed by atoms with Gasteiger partial charge in [0.15, 0.2) is 0 Å². The van der Waals surface area contributed by atoms with E-state index in [1.54, 1.807) is 0 Å². The van der Waals surface area contributed by atoms with Crippen molar-refractivity contribution in [3.05, 3.63) is 23.8 Å². The highest BCUT2D eigenvalue weighted by Crippen LogP contribution is 2.15. The van der Waals surface area contributed by atoms with Crippen LogP contribution in [-0.2, 0) is 0 Å². The maximum atomic E-state index is 3.06. The second-order valence-electron chi connectivity index (χ2n) is 2.38. The summed E-state index contributed by atoms with van der Waals surface area (Å²) in [4.78, 5) is 0. The topological polar surface area (TPSA) is 0 Å². The monoisotopic (exact) mass is 132 g/mol. The lowest BCUT2D eigenvalue weighted by atomic mass is 10.1. The molecular formula is C10H12. The molecule has 1 rings (SSSR count). The van der Waals surface area contributed by atoms with E-state index in [2.05, 4.69) is 30.1 Å². The molecule has 0 atom stereocenters. The molecule has 10 heavy (non-hydrogen) atoms. The zero-order valence-electron chi connectivity index (χ0n) is 6.35. The summed E-state index contributed by atoms with van der Waals surface area (Å²) in [5.41, 5.74) is 1.52. The molecule has 0 heterocycles. The lowest BCUT2D eigenvalue weighted by Gasteiger charge is -1.93. The Morgan fingerprint density at radius 1 is 1.60 bits per heavy atom. The van der Waals surface area contributed by atoms with E-state index in [1.807, 2.05) is 6.92 Å². The first-order chi connectivity index (χ1) is 4.93. The van der Waals surface area contributed by atoms with Gasteiger partial charge in [-0.3, -0.25) is 0 Å². The standard InChI is InChI=1S/C10H12/c1-2-3-4-7-10-8-5-6-9-10/h5-6,8H,4,7,9H2,1H3. The van der Waals surface area contributed by atoms with Crippen molar-refractivity contribution >= 4 is 0 Å². The van der Waals surface area contributed by atoms with Gasteiger partial charge in [-0.1, -0.05) is 23.8 Å². The van der Waals surface area contributed by atoms with Gasteiger partial charge >= 0.3 is 0 Å². The molecule has 0 amide bonds. The van der Waals surface area contributed by atoms with E-state index in [0.717, 1.165) is 19.3 Å². The van der Waals surface area contributed by atoms with Gasteiger partial charge in [0.25, 0.3) is 0 Å². The van der Waals surface area contributed by atoms with E-state index in [-0.39, 0.29) is 0 Å². The maximum absolute atomic E-state index is 3.06. The summed E-state index contributed by atoms with van der Waals surface area (Å²) < 4.78 is 0. The van der Waals surface area contributed by atoms with E-state index < -0.39 is 0 Å². The minimum Gasteiger partial charge on any atom is -0.107 e. The van der Waals surface area contributed by atoms with E-state index in [0.29, 0.717) is 0 Å². The molecule has 0 fully saturated rings. The SMILES string of the molecule is CC#CCCC1=CC=CC1. The van der Waals surface area contributed by atoms with Crippen LogP contribution in [0.2, 0.25) is 0 Å². The van der Waals surface area contributed by atoms with Crippen LogP contribution >= 0.6 is 0 Å². The number of hydrogen-bond donors (Lipinski definition) is 0. The van der Waals surface area contributed by atoms with Crippen LogP contribution in [0.4, 0.5) is 0 Å². The summed E-state index contributed by atoms with van der Waals surface area (Å²) in [5.74, 6) is 5.95. The molecule has 0 aromatic carbocycles. The Bertz CT molecular complexity index is 208. The fourth-order valence-electron chi connectivity index (χ4n) is 1.03. The maximum Gasteiger partial charge on any atom is 0.0126 e. The predicted octanol–water partition coefficient (Wildman–Crippen LogP) is 2.68. The van der Waals surface area contributed by atoms with E-state index in [9.17, 15) is 0 Å². The zero-order chi connectivity index (χ0) is 7.23. The smallest absolute Gasteiger partial charge is 0.0126 e. The van der Waals surface area contributed by atoms with Crippen molar-refractivity contribution in [3.63, 3.8) is 0 Å². The molecule has 0 heteroatoms. The van der Waals surface area contributed by atoms with E-state index in [4.69, 9.17) is 0 Å². The number of allylic oxidation sites excluding steroid dienone is 4. The molecule has 1 aliphatic carbocycles. The molecule has 0 aliphatic heterocycles. The molecule has 0 aromatic heterocycles. The minimum atomic E-state index is 1.02. The summed E-state index contributed by atoms with van der Waals surface area (Å²) in [6.45, 7) is 1.89. The van der Waals surface area contributed by atoms with Gasteiger partial charge < -0.3 is 0 Å². The average Bonchev–Trinajstić information content (AvgIpc) is 2.41. The number of rotatable bonds is 2. The van der Waals surface area contributed by atoms with Crippen LogP contribution in [0.15, 0.2) is 23.8 Å². The third-order valence-corrected chi connectivity index (χ3v) is 1.60. The quantitative estimate of drug-likeness (QED) is 0.507.